The fourth-order valence-electron chi connectivity index (χ4n) is 10.5. The summed E-state index contributed by atoms with van der Waals surface area (Å²) in [7, 11) is 1.73. The summed E-state index contributed by atoms with van der Waals surface area (Å²) < 4.78 is 15.3. The number of terminal acetylenes is 1. The number of benzene rings is 3. The van der Waals surface area contributed by atoms with E-state index in [2.05, 4.69) is 60.3 Å². The van der Waals surface area contributed by atoms with Gasteiger partial charge in [0.1, 0.15) is 18.3 Å². The van der Waals surface area contributed by atoms with Gasteiger partial charge in [-0.1, -0.05) is 72.7 Å². The number of fused-ring (bicyclic) bond motifs is 2. The number of ether oxygens (including phenoxy) is 2. The van der Waals surface area contributed by atoms with Gasteiger partial charge in [-0.05, 0) is 80.3 Å². The molecule has 8 N–H and O–H groups in total. The number of carbonyl (C=O) groups is 5. The van der Waals surface area contributed by atoms with Crippen molar-refractivity contribution < 1.29 is 38.6 Å². The average Bonchev–Trinajstić information content (AvgIpc) is 4.19. The maximum atomic E-state index is 13.6. The second kappa shape index (κ2) is 25.1. The molecule has 5 heterocycles. The number of hydrogen-bond donors (Lipinski definition) is 8. The van der Waals surface area contributed by atoms with Crippen LogP contribution in [-0.4, -0.2) is 149 Å². The van der Waals surface area contributed by atoms with E-state index in [1.807, 2.05) is 66.1 Å². The third-order valence-corrected chi connectivity index (χ3v) is 15.1. The van der Waals surface area contributed by atoms with Gasteiger partial charge in [0.2, 0.25) is 29.6 Å². The fourth-order valence-corrected chi connectivity index (χ4v) is 10.5. The summed E-state index contributed by atoms with van der Waals surface area (Å²) in [5.74, 6) is 0.632. The summed E-state index contributed by atoms with van der Waals surface area (Å²) in [5.41, 5.74) is 3.51. The first kappa shape index (κ1) is 55.6. The molecule has 3 aromatic carbocycles. The standard InChI is InChI=1S/C58H68N12O9/c1-4-24-64-57(2)22-28-69(29-23-57)41-20-26-70(27-21-41)55-66-46-18-15-39(45-35-68(3)54(75)51-43(45)19-25-59-51)31-44(46)52(67-55)58(79-42-16-17-42,40-13-9-6-10-14-40)36-78-37-63-49(72)32-61-53(74)47(30-38-11-7-5-8-12-38)65-50(73)34-60-48(71)33-62-56(76)77/h1,5-15,18-19,25,31,35,41-42,47,59,62,64H,16-17,20-24,26-30,32-34,36-37H2,2-3H3,(H,60,71)(H,61,74)(H,63,72)(H,65,73)(H,76,77)/t47-,58?/m0/s1. The van der Waals surface area contributed by atoms with Gasteiger partial charge in [0.15, 0.2) is 5.60 Å². The molecular weight excluding hydrogens is 1010 g/mol. The van der Waals surface area contributed by atoms with Crippen molar-refractivity contribution in [2.45, 2.75) is 81.2 Å². The van der Waals surface area contributed by atoms with Crippen LogP contribution in [0.3, 0.4) is 0 Å². The lowest BCUT2D eigenvalue weighted by molar-refractivity contribution is -0.131. The highest BCUT2D eigenvalue weighted by Crippen LogP contribution is 2.44. The molecule has 5 amide bonds. The Balaban J connectivity index is 0.961. The molecule has 3 aliphatic rings. The number of nitrogens with zero attached hydrogens (tertiary/aromatic N) is 5. The quantitative estimate of drug-likeness (QED) is 0.0260. The molecule has 21 heteroatoms. The third-order valence-electron chi connectivity index (χ3n) is 15.1. The minimum absolute atomic E-state index is 0.0245. The smallest absolute Gasteiger partial charge is 0.405 e. The first-order valence-corrected chi connectivity index (χ1v) is 26.8. The topological polar surface area (TPSA) is 266 Å². The van der Waals surface area contributed by atoms with Gasteiger partial charge < -0.3 is 65.8 Å². The zero-order valence-electron chi connectivity index (χ0n) is 44.5. The van der Waals surface area contributed by atoms with Crippen molar-refractivity contribution in [2.75, 3.05) is 70.6 Å². The first-order chi connectivity index (χ1) is 38.2. The third kappa shape index (κ3) is 13.8. The second-order valence-corrected chi connectivity index (χ2v) is 20.8. The Morgan fingerprint density at radius 2 is 1.54 bits per heavy atom. The van der Waals surface area contributed by atoms with Crippen LogP contribution < -0.4 is 42.4 Å². The number of carboxylic acid groups (broad SMARTS) is 1. The minimum atomic E-state index is -1.40. The van der Waals surface area contributed by atoms with Crippen molar-refractivity contribution in [3.05, 3.63) is 124 Å². The number of nitrogens with one attached hydrogen (secondary N) is 7. The highest BCUT2D eigenvalue weighted by molar-refractivity contribution is 5.98. The molecular formula is C58H68N12O9. The number of anilines is 1. The molecule has 414 valence electrons. The van der Waals surface area contributed by atoms with Crippen LogP contribution >= 0.6 is 0 Å². The highest BCUT2D eigenvalue weighted by atomic mass is 16.6. The summed E-state index contributed by atoms with van der Waals surface area (Å²) >= 11 is 0. The van der Waals surface area contributed by atoms with E-state index in [4.69, 9.17) is 31.0 Å². The van der Waals surface area contributed by atoms with E-state index in [1.165, 1.54) is 0 Å². The van der Waals surface area contributed by atoms with Crippen LogP contribution in [0.2, 0.25) is 0 Å². The average molecular weight is 1080 g/mol. The van der Waals surface area contributed by atoms with Gasteiger partial charge in [0.05, 0.1) is 50.1 Å². The van der Waals surface area contributed by atoms with Crippen LogP contribution in [0.5, 0.6) is 0 Å². The molecule has 1 saturated carbocycles. The van der Waals surface area contributed by atoms with Crippen molar-refractivity contribution in [3.8, 4) is 23.5 Å². The Bertz CT molecular complexity index is 3250. The molecule has 79 heavy (non-hydrogen) atoms. The largest absolute Gasteiger partial charge is 0.465 e. The van der Waals surface area contributed by atoms with E-state index >= 15 is 0 Å². The number of amides is 5. The molecule has 2 aliphatic heterocycles. The summed E-state index contributed by atoms with van der Waals surface area (Å²) in [6.45, 7) is 4.40. The van der Waals surface area contributed by atoms with Gasteiger partial charge in [-0.3, -0.25) is 24.0 Å². The van der Waals surface area contributed by atoms with Crippen molar-refractivity contribution in [3.63, 3.8) is 0 Å². The van der Waals surface area contributed by atoms with E-state index in [1.54, 1.807) is 42.1 Å². The molecule has 6 aromatic rings. The fraction of sp³-hybridized carbons (Fsp3) is 0.414. The van der Waals surface area contributed by atoms with Gasteiger partial charge in [-0.2, -0.15) is 0 Å². The van der Waals surface area contributed by atoms with Crippen LogP contribution in [0.4, 0.5) is 10.7 Å². The van der Waals surface area contributed by atoms with Crippen LogP contribution in [0, 0.1) is 12.3 Å². The van der Waals surface area contributed by atoms with Gasteiger partial charge in [-0.15, -0.1) is 6.42 Å². The predicted octanol–water partition coefficient (Wildman–Crippen LogP) is 3.26. The lowest BCUT2D eigenvalue weighted by atomic mass is 9.87. The van der Waals surface area contributed by atoms with Crippen molar-refractivity contribution >= 4 is 57.5 Å². The summed E-state index contributed by atoms with van der Waals surface area (Å²) in [6, 6.07) is 26.0. The number of carbonyl (C=O) groups excluding carboxylic acids is 4. The maximum Gasteiger partial charge on any atom is 0.405 e. The molecule has 9 rings (SSSR count). The van der Waals surface area contributed by atoms with Gasteiger partial charge >= 0.3 is 6.09 Å². The Morgan fingerprint density at radius 3 is 2.25 bits per heavy atom. The van der Waals surface area contributed by atoms with E-state index in [-0.39, 0.29) is 37.0 Å². The van der Waals surface area contributed by atoms with E-state index in [9.17, 15) is 28.8 Å². The summed E-state index contributed by atoms with van der Waals surface area (Å²) in [4.78, 5) is 94.8. The van der Waals surface area contributed by atoms with Crippen molar-refractivity contribution in [1.82, 2.24) is 56.3 Å². The lowest BCUT2D eigenvalue weighted by Crippen LogP contribution is -2.55. The number of likely N-dealkylation sites (tertiary alicyclic amines) is 1. The molecule has 0 bridgehead atoms. The molecule has 0 spiro atoms. The number of rotatable bonds is 23. The Hall–Kier alpha value is -8.16. The SMILES string of the molecule is C#CCNC1(C)CCN(C2CCN(c3nc(C(COCNC(=O)CNC(=O)[C@H](Cc4ccccc4)NC(=O)CNC(=O)CNC(=O)O)(OC4CC4)c4ccccc4)c4cc(-c5cn(C)c(=O)c6[nH]ccc56)ccc4n3)CC2)CC1. The number of hydrogen-bond acceptors (Lipinski definition) is 13. The number of aromatic nitrogens is 4. The molecule has 1 unspecified atom stereocenters. The molecule has 0 radical (unpaired) electrons. The van der Waals surface area contributed by atoms with Crippen LogP contribution in [-0.2, 0) is 47.7 Å². The summed E-state index contributed by atoms with van der Waals surface area (Å²) in [6.07, 6.45) is 13.3. The molecule has 3 fully saturated rings. The molecule has 2 saturated heterocycles. The van der Waals surface area contributed by atoms with Gasteiger partial charge in [0.25, 0.3) is 5.56 Å². The lowest BCUT2D eigenvalue weighted by Gasteiger charge is -2.45. The number of piperidine rings is 2. The number of pyridine rings is 1. The number of aryl methyl sites for hydroxylation is 1. The van der Waals surface area contributed by atoms with E-state index in [0.29, 0.717) is 35.3 Å². The maximum absolute atomic E-state index is 13.6. The molecule has 21 nitrogen and oxygen atoms in total. The summed E-state index contributed by atoms with van der Waals surface area (Å²) in [5, 5.41) is 26.0. The van der Waals surface area contributed by atoms with Crippen LogP contribution in [0.25, 0.3) is 32.9 Å². The predicted molar refractivity (Wildman–Crippen MR) is 298 cm³/mol. The number of H-pyrrole nitrogens is 1. The van der Waals surface area contributed by atoms with Gasteiger partial charge in [0, 0.05) is 80.0 Å². The molecule has 1 aliphatic carbocycles. The minimum Gasteiger partial charge on any atom is -0.465 e. The van der Waals surface area contributed by atoms with Crippen LogP contribution in [0.15, 0.2) is 102 Å². The van der Waals surface area contributed by atoms with E-state index in [0.717, 1.165) is 97.7 Å². The Kier molecular flexibility index (Phi) is 17.7. The second-order valence-electron chi connectivity index (χ2n) is 20.8. The number of aromatic amines is 1. The first-order valence-electron chi connectivity index (χ1n) is 26.8. The zero-order chi connectivity index (χ0) is 55.5. The zero-order valence-corrected chi connectivity index (χ0v) is 44.5. The Morgan fingerprint density at radius 1 is 0.848 bits per heavy atom. The Labute approximate surface area is 457 Å². The molecule has 2 atom stereocenters. The van der Waals surface area contributed by atoms with Crippen molar-refractivity contribution in [1.29, 1.82) is 0 Å². The van der Waals surface area contributed by atoms with Crippen molar-refractivity contribution in [2.24, 2.45) is 7.05 Å². The van der Waals surface area contributed by atoms with Gasteiger partial charge in [-0.25, -0.2) is 14.8 Å². The van der Waals surface area contributed by atoms with E-state index < -0.39 is 61.0 Å². The highest BCUT2D eigenvalue weighted by Gasteiger charge is 2.45. The normalized spacial score (nSPS) is 16.8. The van der Waals surface area contributed by atoms with Crippen LogP contribution in [0.1, 0.15) is 62.3 Å². The monoisotopic (exact) mass is 1080 g/mol. The molecule has 3 aromatic heterocycles.